The second-order valence-corrected chi connectivity index (χ2v) is 7.16. The third kappa shape index (κ3) is 5.53. The maximum absolute atomic E-state index is 12.8. The predicted molar refractivity (Wildman–Crippen MR) is 91.7 cm³/mol. The summed E-state index contributed by atoms with van der Waals surface area (Å²) >= 11 is 0. The molecule has 0 saturated heterocycles. The number of carbonyl (C=O) groups is 1. The lowest BCUT2D eigenvalue weighted by molar-refractivity contribution is -0.120. The highest BCUT2D eigenvalue weighted by atomic mass is 16.2. The summed E-state index contributed by atoms with van der Waals surface area (Å²) in [6.45, 7) is 12.8. The molecule has 1 unspecified atom stereocenters. The maximum Gasteiger partial charge on any atom is 0.227 e. The van der Waals surface area contributed by atoms with Gasteiger partial charge in [-0.1, -0.05) is 53.2 Å². The van der Waals surface area contributed by atoms with Crippen molar-refractivity contribution < 1.29 is 4.79 Å². The van der Waals surface area contributed by atoms with Crippen molar-refractivity contribution in [1.82, 2.24) is 0 Å². The highest BCUT2D eigenvalue weighted by molar-refractivity contribution is 5.94. The maximum atomic E-state index is 12.8. The van der Waals surface area contributed by atoms with Crippen LogP contribution >= 0.6 is 0 Å². The zero-order valence-corrected chi connectivity index (χ0v) is 14.6. The van der Waals surface area contributed by atoms with Crippen LogP contribution in [0.2, 0.25) is 0 Å². The molecular formula is C19H31NO. The summed E-state index contributed by atoms with van der Waals surface area (Å²) in [5.74, 6) is 0.233. The van der Waals surface area contributed by atoms with Gasteiger partial charge >= 0.3 is 0 Å². The smallest absolute Gasteiger partial charge is 0.227 e. The number of amides is 1. The van der Waals surface area contributed by atoms with Gasteiger partial charge in [-0.05, 0) is 42.9 Å². The lowest BCUT2D eigenvalue weighted by Gasteiger charge is -2.32. The third-order valence-corrected chi connectivity index (χ3v) is 3.69. The first-order chi connectivity index (χ1) is 9.78. The van der Waals surface area contributed by atoms with Crippen molar-refractivity contribution in [1.29, 1.82) is 0 Å². The average molecular weight is 289 g/mol. The SMILES string of the molecule is CCCC(C)N(C(=O)CC(C)(C)C)c1cccc(CC)c1. The van der Waals surface area contributed by atoms with E-state index in [1.54, 1.807) is 0 Å². The van der Waals surface area contributed by atoms with Crippen LogP contribution in [0.4, 0.5) is 5.69 Å². The minimum Gasteiger partial charge on any atom is -0.310 e. The Bertz CT molecular complexity index is 459. The van der Waals surface area contributed by atoms with Gasteiger partial charge in [-0.2, -0.15) is 0 Å². The molecule has 0 saturated carbocycles. The summed E-state index contributed by atoms with van der Waals surface area (Å²) in [6.07, 6.45) is 3.70. The van der Waals surface area contributed by atoms with E-state index in [1.807, 2.05) is 4.90 Å². The van der Waals surface area contributed by atoms with E-state index in [0.29, 0.717) is 6.42 Å². The van der Waals surface area contributed by atoms with Crippen LogP contribution in [-0.2, 0) is 11.2 Å². The van der Waals surface area contributed by atoms with Crippen molar-refractivity contribution in [2.75, 3.05) is 4.90 Å². The van der Waals surface area contributed by atoms with Crippen LogP contribution < -0.4 is 4.90 Å². The molecule has 1 amide bonds. The van der Waals surface area contributed by atoms with Gasteiger partial charge in [-0.25, -0.2) is 0 Å². The standard InChI is InChI=1S/C19H31NO/c1-7-10-15(3)20(18(21)14-19(4,5)6)17-12-9-11-16(8-2)13-17/h9,11-13,15H,7-8,10,14H2,1-6H3. The lowest BCUT2D eigenvalue weighted by atomic mass is 9.91. The molecule has 0 spiro atoms. The fourth-order valence-corrected chi connectivity index (χ4v) is 2.66. The molecule has 0 aliphatic heterocycles. The van der Waals surface area contributed by atoms with Crippen LogP contribution in [0.1, 0.15) is 66.4 Å². The topological polar surface area (TPSA) is 20.3 Å². The summed E-state index contributed by atoms with van der Waals surface area (Å²) in [5.41, 5.74) is 2.35. The van der Waals surface area contributed by atoms with Crippen LogP contribution in [0, 0.1) is 5.41 Å². The first-order valence-corrected chi connectivity index (χ1v) is 8.19. The van der Waals surface area contributed by atoms with Gasteiger partial charge < -0.3 is 4.90 Å². The molecule has 2 heteroatoms. The van der Waals surface area contributed by atoms with Crippen LogP contribution in [-0.4, -0.2) is 11.9 Å². The zero-order chi connectivity index (χ0) is 16.0. The normalized spacial score (nSPS) is 13.0. The van der Waals surface area contributed by atoms with Crippen molar-refractivity contribution >= 4 is 11.6 Å². The monoisotopic (exact) mass is 289 g/mol. The number of hydrogen-bond acceptors (Lipinski definition) is 1. The number of nitrogens with zero attached hydrogens (tertiary/aromatic N) is 1. The van der Waals surface area contributed by atoms with Gasteiger partial charge in [0.15, 0.2) is 0 Å². The van der Waals surface area contributed by atoms with Crippen molar-refractivity contribution in [3.63, 3.8) is 0 Å². The molecule has 21 heavy (non-hydrogen) atoms. The van der Waals surface area contributed by atoms with E-state index in [1.165, 1.54) is 5.56 Å². The fraction of sp³-hybridized carbons (Fsp3) is 0.632. The summed E-state index contributed by atoms with van der Waals surface area (Å²) in [4.78, 5) is 14.8. The highest BCUT2D eigenvalue weighted by Crippen LogP contribution is 2.26. The van der Waals surface area contributed by atoms with E-state index < -0.39 is 0 Å². The molecule has 1 aromatic carbocycles. The molecule has 0 aliphatic rings. The van der Waals surface area contributed by atoms with E-state index in [0.717, 1.165) is 24.9 Å². The van der Waals surface area contributed by atoms with Crippen LogP contribution in [0.25, 0.3) is 0 Å². The Labute approximate surface area is 130 Å². The molecule has 118 valence electrons. The van der Waals surface area contributed by atoms with E-state index in [4.69, 9.17) is 0 Å². The molecule has 0 heterocycles. The molecule has 1 atom stereocenters. The largest absolute Gasteiger partial charge is 0.310 e. The van der Waals surface area contributed by atoms with Crippen LogP contribution in [0.15, 0.2) is 24.3 Å². The number of benzene rings is 1. The summed E-state index contributed by atoms with van der Waals surface area (Å²) in [7, 11) is 0. The van der Waals surface area contributed by atoms with Gasteiger partial charge in [0.2, 0.25) is 5.91 Å². The first-order valence-electron chi connectivity index (χ1n) is 8.19. The molecule has 0 aliphatic carbocycles. The van der Waals surface area contributed by atoms with Crippen molar-refractivity contribution in [3.8, 4) is 0 Å². The Balaban J connectivity index is 3.09. The third-order valence-electron chi connectivity index (χ3n) is 3.69. The Hall–Kier alpha value is -1.31. The van der Waals surface area contributed by atoms with Crippen molar-refractivity contribution in [3.05, 3.63) is 29.8 Å². The number of aryl methyl sites for hydroxylation is 1. The molecule has 0 radical (unpaired) electrons. The van der Waals surface area contributed by atoms with E-state index in [9.17, 15) is 4.79 Å². The highest BCUT2D eigenvalue weighted by Gasteiger charge is 2.25. The van der Waals surface area contributed by atoms with E-state index in [-0.39, 0.29) is 17.4 Å². The summed E-state index contributed by atoms with van der Waals surface area (Å²) in [5, 5.41) is 0. The minimum atomic E-state index is 0.0175. The van der Waals surface area contributed by atoms with Crippen LogP contribution in [0.3, 0.4) is 0 Å². The van der Waals surface area contributed by atoms with Crippen molar-refractivity contribution in [2.45, 2.75) is 73.3 Å². The Kier molecular flexibility index (Phi) is 6.44. The number of rotatable bonds is 6. The van der Waals surface area contributed by atoms with Crippen molar-refractivity contribution in [2.24, 2.45) is 5.41 Å². The molecule has 1 aromatic rings. The molecule has 0 fully saturated rings. The molecular weight excluding hydrogens is 258 g/mol. The first kappa shape index (κ1) is 17.7. The van der Waals surface area contributed by atoms with Gasteiger partial charge in [0.1, 0.15) is 0 Å². The fourth-order valence-electron chi connectivity index (χ4n) is 2.66. The summed E-state index contributed by atoms with van der Waals surface area (Å²) < 4.78 is 0. The molecule has 0 bridgehead atoms. The van der Waals surface area contributed by atoms with Gasteiger partial charge in [0.05, 0.1) is 0 Å². The van der Waals surface area contributed by atoms with Gasteiger partial charge in [-0.3, -0.25) is 4.79 Å². The molecule has 0 aromatic heterocycles. The van der Waals surface area contributed by atoms with Gasteiger partial charge in [0, 0.05) is 18.2 Å². The van der Waals surface area contributed by atoms with Crippen LogP contribution in [0.5, 0.6) is 0 Å². The molecule has 1 rings (SSSR count). The molecule has 2 nitrogen and oxygen atoms in total. The number of carbonyl (C=O) groups excluding carboxylic acids is 1. The number of hydrogen-bond donors (Lipinski definition) is 0. The van der Waals surface area contributed by atoms with E-state index in [2.05, 4.69) is 65.8 Å². The second kappa shape index (κ2) is 7.63. The predicted octanol–water partition coefficient (Wildman–Crippen LogP) is 5.21. The second-order valence-electron chi connectivity index (χ2n) is 7.16. The Morgan fingerprint density at radius 3 is 2.43 bits per heavy atom. The average Bonchev–Trinajstić information content (AvgIpc) is 2.37. The molecule has 0 N–H and O–H groups in total. The quantitative estimate of drug-likeness (QED) is 0.704. The Morgan fingerprint density at radius 1 is 1.24 bits per heavy atom. The van der Waals surface area contributed by atoms with Gasteiger partial charge in [0.25, 0.3) is 0 Å². The number of anilines is 1. The minimum absolute atomic E-state index is 0.0175. The lowest BCUT2D eigenvalue weighted by Crippen LogP contribution is -2.40. The van der Waals surface area contributed by atoms with E-state index >= 15 is 0 Å². The van der Waals surface area contributed by atoms with Gasteiger partial charge in [-0.15, -0.1) is 0 Å². The Morgan fingerprint density at radius 2 is 1.90 bits per heavy atom. The zero-order valence-electron chi connectivity index (χ0n) is 14.6. The summed E-state index contributed by atoms with van der Waals surface area (Å²) in [6, 6.07) is 8.65.